The minimum atomic E-state index is -0.915. The number of benzene rings is 1. The van der Waals surface area contributed by atoms with E-state index in [9.17, 15) is 14.9 Å². The first-order chi connectivity index (χ1) is 10.7. The summed E-state index contributed by atoms with van der Waals surface area (Å²) in [6.45, 7) is 2.42. The molecule has 22 heavy (non-hydrogen) atoms. The van der Waals surface area contributed by atoms with Gasteiger partial charge in [0.1, 0.15) is 5.82 Å². The van der Waals surface area contributed by atoms with E-state index in [0.29, 0.717) is 18.8 Å². The van der Waals surface area contributed by atoms with Crippen molar-refractivity contribution in [2.24, 2.45) is 0 Å². The zero-order chi connectivity index (χ0) is 15.9. The number of nitrogens with zero attached hydrogens (tertiary/aromatic N) is 2. The van der Waals surface area contributed by atoms with Gasteiger partial charge in [-0.15, -0.1) is 0 Å². The summed E-state index contributed by atoms with van der Waals surface area (Å²) in [5.74, 6) is -0.841. The van der Waals surface area contributed by atoms with E-state index in [1.807, 2.05) is 37.3 Å². The maximum absolute atomic E-state index is 12.2. The minimum Gasteiger partial charge on any atom is -0.356 e. The van der Waals surface area contributed by atoms with Crippen LogP contribution >= 0.6 is 0 Å². The summed E-state index contributed by atoms with van der Waals surface area (Å²) in [6, 6.07) is 9.38. The quantitative estimate of drug-likeness (QED) is 0.817. The number of fused-ring (bicyclic) bond motifs is 1. The van der Waals surface area contributed by atoms with E-state index in [0.717, 1.165) is 11.0 Å². The first-order valence-corrected chi connectivity index (χ1v) is 7.29. The summed E-state index contributed by atoms with van der Waals surface area (Å²) in [4.78, 5) is 30.8. The van der Waals surface area contributed by atoms with E-state index >= 15 is 0 Å². The summed E-state index contributed by atoms with van der Waals surface area (Å²) in [5.41, 5.74) is 1.53. The molecule has 0 aliphatic heterocycles. The number of hydrogen-bond acceptors (Lipinski definition) is 4. The van der Waals surface area contributed by atoms with Crippen molar-refractivity contribution in [3.8, 4) is 6.07 Å². The minimum absolute atomic E-state index is 0.0763. The van der Waals surface area contributed by atoms with E-state index in [1.54, 1.807) is 0 Å². The molecule has 0 saturated heterocycles. The number of carbonyl (C=O) groups excluding carboxylic acids is 2. The van der Waals surface area contributed by atoms with Crippen molar-refractivity contribution in [2.75, 3.05) is 6.54 Å². The predicted molar refractivity (Wildman–Crippen MR) is 82.0 cm³/mol. The summed E-state index contributed by atoms with van der Waals surface area (Å²) >= 11 is 0. The van der Waals surface area contributed by atoms with Gasteiger partial charge in [0, 0.05) is 19.4 Å². The smallest absolute Gasteiger partial charge is 0.219 e. The molecule has 1 aromatic heterocycles. The van der Waals surface area contributed by atoms with Crippen LogP contribution in [0.15, 0.2) is 24.3 Å². The molecule has 1 aromatic carbocycles. The van der Waals surface area contributed by atoms with Crippen molar-refractivity contribution in [1.29, 1.82) is 5.26 Å². The fourth-order valence-corrected chi connectivity index (χ4v) is 2.25. The SMILES string of the molecule is CCNC(=O)CCCC(=O)[C@H](C#N)c1nc2ccccc2[nH]1. The number of H-pyrrole nitrogens is 1. The number of nitrogens with one attached hydrogen (secondary N) is 2. The van der Waals surface area contributed by atoms with E-state index in [1.165, 1.54) is 0 Å². The molecule has 6 heteroatoms. The second kappa shape index (κ2) is 7.36. The van der Waals surface area contributed by atoms with Crippen LogP contribution in [-0.4, -0.2) is 28.2 Å². The lowest BCUT2D eigenvalue weighted by Gasteiger charge is -2.05. The molecular formula is C16H18N4O2. The average molecular weight is 298 g/mol. The molecular weight excluding hydrogens is 280 g/mol. The monoisotopic (exact) mass is 298 g/mol. The topological polar surface area (TPSA) is 98.6 Å². The third-order valence-electron chi connectivity index (χ3n) is 3.33. The highest BCUT2D eigenvalue weighted by molar-refractivity contribution is 5.89. The van der Waals surface area contributed by atoms with Crippen LogP contribution in [0, 0.1) is 11.3 Å². The first kappa shape index (κ1) is 15.7. The fraction of sp³-hybridized carbons (Fsp3) is 0.375. The zero-order valence-electron chi connectivity index (χ0n) is 12.4. The molecule has 0 bridgehead atoms. The standard InChI is InChI=1S/C16H18N4O2/c1-2-18-15(22)9-5-8-14(21)11(10-17)16-19-12-6-3-4-7-13(12)20-16/h3-4,6-7,11H,2,5,8-9H2,1H3,(H,18,22)(H,19,20)/t11-/m0/s1. The van der Waals surface area contributed by atoms with Crippen LogP contribution in [0.1, 0.15) is 37.9 Å². The van der Waals surface area contributed by atoms with Crippen molar-refractivity contribution in [1.82, 2.24) is 15.3 Å². The van der Waals surface area contributed by atoms with E-state index in [-0.39, 0.29) is 24.5 Å². The predicted octanol–water partition coefficient (Wildman–Crippen LogP) is 2.05. The number of carbonyl (C=O) groups is 2. The second-order valence-corrected chi connectivity index (χ2v) is 4.97. The second-order valence-electron chi connectivity index (χ2n) is 4.97. The van der Waals surface area contributed by atoms with Gasteiger partial charge in [-0.05, 0) is 25.5 Å². The van der Waals surface area contributed by atoms with Crippen molar-refractivity contribution in [3.63, 3.8) is 0 Å². The molecule has 114 valence electrons. The lowest BCUT2D eigenvalue weighted by atomic mass is 10.00. The van der Waals surface area contributed by atoms with Gasteiger partial charge >= 0.3 is 0 Å². The molecule has 0 unspecified atom stereocenters. The van der Waals surface area contributed by atoms with Gasteiger partial charge in [-0.25, -0.2) is 4.98 Å². The van der Waals surface area contributed by atoms with Gasteiger partial charge in [0.25, 0.3) is 0 Å². The number of amides is 1. The van der Waals surface area contributed by atoms with Crippen molar-refractivity contribution < 1.29 is 9.59 Å². The maximum atomic E-state index is 12.2. The number of aromatic nitrogens is 2. The van der Waals surface area contributed by atoms with Crippen molar-refractivity contribution >= 4 is 22.7 Å². The van der Waals surface area contributed by atoms with Crippen LogP contribution < -0.4 is 5.32 Å². The van der Waals surface area contributed by atoms with Crippen LogP contribution in [-0.2, 0) is 9.59 Å². The Morgan fingerprint density at radius 1 is 1.36 bits per heavy atom. The lowest BCUT2D eigenvalue weighted by molar-refractivity contribution is -0.121. The average Bonchev–Trinajstić information content (AvgIpc) is 2.91. The molecule has 1 heterocycles. The first-order valence-electron chi connectivity index (χ1n) is 7.29. The van der Waals surface area contributed by atoms with Crippen LogP contribution in [0.3, 0.4) is 0 Å². The largest absolute Gasteiger partial charge is 0.356 e. The Morgan fingerprint density at radius 3 is 2.82 bits per heavy atom. The third-order valence-corrected chi connectivity index (χ3v) is 3.33. The molecule has 1 amide bonds. The number of Topliss-reactive ketones (excluding diaryl/α,β-unsaturated/α-hetero) is 1. The number of imidazole rings is 1. The molecule has 6 nitrogen and oxygen atoms in total. The van der Waals surface area contributed by atoms with Crippen molar-refractivity contribution in [3.05, 3.63) is 30.1 Å². The summed E-state index contributed by atoms with van der Waals surface area (Å²) in [7, 11) is 0. The highest BCUT2D eigenvalue weighted by Crippen LogP contribution is 2.19. The van der Waals surface area contributed by atoms with Crippen LogP contribution in [0.2, 0.25) is 0 Å². The molecule has 2 rings (SSSR count). The third kappa shape index (κ3) is 3.70. The number of nitriles is 1. The number of aromatic amines is 1. The van der Waals surface area contributed by atoms with Gasteiger partial charge in [-0.1, -0.05) is 12.1 Å². The van der Waals surface area contributed by atoms with Gasteiger partial charge in [-0.3, -0.25) is 9.59 Å². The number of rotatable bonds is 7. The van der Waals surface area contributed by atoms with Crippen LogP contribution in [0.5, 0.6) is 0 Å². The van der Waals surface area contributed by atoms with Gasteiger partial charge in [0.05, 0.1) is 17.1 Å². The van der Waals surface area contributed by atoms with E-state index in [2.05, 4.69) is 15.3 Å². The Bertz CT molecular complexity index is 681. The van der Waals surface area contributed by atoms with Gasteiger partial charge < -0.3 is 10.3 Å². The number of ketones is 1. The Hall–Kier alpha value is -2.68. The Morgan fingerprint density at radius 2 is 2.14 bits per heavy atom. The molecule has 0 aliphatic carbocycles. The van der Waals surface area contributed by atoms with E-state index in [4.69, 9.17) is 0 Å². The van der Waals surface area contributed by atoms with Crippen LogP contribution in [0.4, 0.5) is 0 Å². The van der Waals surface area contributed by atoms with Crippen LogP contribution in [0.25, 0.3) is 11.0 Å². The summed E-state index contributed by atoms with van der Waals surface area (Å²) < 4.78 is 0. The number of hydrogen-bond donors (Lipinski definition) is 2. The van der Waals surface area contributed by atoms with Gasteiger partial charge in [0.2, 0.25) is 5.91 Å². The molecule has 1 atom stereocenters. The molecule has 2 N–H and O–H groups in total. The molecule has 0 spiro atoms. The highest BCUT2D eigenvalue weighted by atomic mass is 16.1. The Kier molecular flexibility index (Phi) is 5.26. The molecule has 0 aliphatic rings. The fourth-order valence-electron chi connectivity index (χ4n) is 2.25. The molecule has 0 fully saturated rings. The van der Waals surface area contributed by atoms with Crippen molar-refractivity contribution in [2.45, 2.75) is 32.1 Å². The summed E-state index contributed by atoms with van der Waals surface area (Å²) in [5, 5.41) is 11.9. The van der Waals surface area contributed by atoms with Gasteiger partial charge in [-0.2, -0.15) is 5.26 Å². The molecule has 0 radical (unpaired) electrons. The zero-order valence-corrected chi connectivity index (χ0v) is 12.4. The van der Waals surface area contributed by atoms with E-state index < -0.39 is 5.92 Å². The maximum Gasteiger partial charge on any atom is 0.219 e. The molecule has 0 saturated carbocycles. The number of para-hydroxylation sites is 2. The Labute approximate surface area is 128 Å². The molecule has 2 aromatic rings. The highest BCUT2D eigenvalue weighted by Gasteiger charge is 2.23. The Balaban J connectivity index is 2.00. The van der Waals surface area contributed by atoms with Gasteiger partial charge in [0.15, 0.2) is 11.7 Å². The summed E-state index contributed by atoms with van der Waals surface area (Å²) in [6.07, 6.45) is 0.910. The normalized spacial score (nSPS) is 11.8. The lowest BCUT2D eigenvalue weighted by Crippen LogP contribution is -2.22.